The van der Waals surface area contributed by atoms with Gasteiger partial charge in [0.15, 0.2) is 0 Å². The Hall–Kier alpha value is -2.14. The highest BCUT2D eigenvalue weighted by Crippen LogP contribution is 2.25. The van der Waals surface area contributed by atoms with E-state index in [1.807, 2.05) is 50.2 Å². The van der Waals surface area contributed by atoms with Crippen molar-refractivity contribution >= 4 is 39.1 Å². The maximum Gasteiger partial charge on any atom is 0.244 e. The zero-order valence-corrected chi connectivity index (χ0v) is 15.0. The van der Waals surface area contributed by atoms with Crippen LogP contribution in [0.5, 0.6) is 0 Å². The molecule has 0 aromatic heterocycles. The molecule has 5 heteroatoms. The van der Waals surface area contributed by atoms with Gasteiger partial charge < -0.3 is 10.2 Å². The smallest absolute Gasteiger partial charge is 0.244 e. The SMILES string of the molecule is CC(=O)N(CC(=O)Nc1cc(C)cc(C)c1)c1ccccc1Br. The van der Waals surface area contributed by atoms with E-state index in [4.69, 9.17) is 0 Å². The molecule has 0 fully saturated rings. The number of nitrogens with zero attached hydrogens (tertiary/aromatic N) is 1. The van der Waals surface area contributed by atoms with Gasteiger partial charge in [0.25, 0.3) is 0 Å². The molecule has 0 heterocycles. The number of para-hydroxylation sites is 1. The van der Waals surface area contributed by atoms with Crippen LogP contribution in [0.15, 0.2) is 46.9 Å². The lowest BCUT2D eigenvalue weighted by molar-refractivity contribution is -0.120. The van der Waals surface area contributed by atoms with Crippen molar-refractivity contribution in [1.82, 2.24) is 0 Å². The van der Waals surface area contributed by atoms with Gasteiger partial charge in [-0.25, -0.2) is 0 Å². The lowest BCUT2D eigenvalue weighted by Crippen LogP contribution is -2.36. The van der Waals surface area contributed by atoms with E-state index < -0.39 is 0 Å². The second-order valence-corrected chi connectivity index (χ2v) is 6.34. The van der Waals surface area contributed by atoms with Gasteiger partial charge in [-0.3, -0.25) is 9.59 Å². The highest BCUT2D eigenvalue weighted by molar-refractivity contribution is 9.10. The third kappa shape index (κ3) is 4.66. The molecule has 0 spiro atoms. The Morgan fingerprint density at radius 1 is 1.09 bits per heavy atom. The number of halogens is 1. The fraction of sp³-hybridized carbons (Fsp3) is 0.222. The molecule has 0 atom stereocenters. The van der Waals surface area contributed by atoms with Crippen molar-refractivity contribution in [3.8, 4) is 0 Å². The van der Waals surface area contributed by atoms with E-state index in [2.05, 4.69) is 21.2 Å². The molecule has 2 rings (SSSR count). The van der Waals surface area contributed by atoms with Crippen molar-refractivity contribution in [3.05, 3.63) is 58.1 Å². The Kier molecular flexibility index (Phi) is 5.55. The first-order chi connectivity index (χ1) is 10.9. The first-order valence-corrected chi connectivity index (χ1v) is 8.07. The quantitative estimate of drug-likeness (QED) is 0.876. The van der Waals surface area contributed by atoms with Crippen LogP contribution >= 0.6 is 15.9 Å². The van der Waals surface area contributed by atoms with Gasteiger partial charge in [0.2, 0.25) is 11.8 Å². The standard InChI is InChI=1S/C18H19BrN2O2/c1-12-8-13(2)10-15(9-12)20-18(23)11-21(14(3)22)17-7-5-4-6-16(17)19/h4-10H,11H2,1-3H3,(H,20,23). The summed E-state index contributed by atoms with van der Waals surface area (Å²) < 4.78 is 0.773. The van der Waals surface area contributed by atoms with Gasteiger partial charge in [0.1, 0.15) is 6.54 Å². The molecule has 2 aromatic carbocycles. The van der Waals surface area contributed by atoms with Gasteiger partial charge >= 0.3 is 0 Å². The molecule has 2 amide bonds. The van der Waals surface area contributed by atoms with E-state index in [-0.39, 0.29) is 18.4 Å². The normalized spacial score (nSPS) is 10.3. The van der Waals surface area contributed by atoms with Gasteiger partial charge in [-0.1, -0.05) is 18.2 Å². The second kappa shape index (κ2) is 7.42. The van der Waals surface area contributed by atoms with Gasteiger partial charge in [0, 0.05) is 17.1 Å². The van der Waals surface area contributed by atoms with Crippen LogP contribution in [0, 0.1) is 13.8 Å². The van der Waals surface area contributed by atoms with Crippen LogP contribution in [0.25, 0.3) is 0 Å². The summed E-state index contributed by atoms with van der Waals surface area (Å²) >= 11 is 3.42. The molecule has 23 heavy (non-hydrogen) atoms. The molecule has 0 aliphatic carbocycles. The summed E-state index contributed by atoms with van der Waals surface area (Å²) in [5, 5.41) is 2.85. The number of rotatable bonds is 4. The predicted molar refractivity (Wildman–Crippen MR) is 96.7 cm³/mol. The fourth-order valence-corrected chi connectivity index (χ4v) is 2.93. The average Bonchev–Trinajstić information content (AvgIpc) is 2.44. The number of benzene rings is 2. The molecule has 120 valence electrons. The van der Waals surface area contributed by atoms with E-state index in [0.717, 1.165) is 21.3 Å². The molecule has 0 aliphatic rings. The van der Waals surface area contributed by atoms with Gasteiger partial charge in [-0.2, -0.15) is 0 Å². The summed E-state index contributed by atoms with van der Waals surface area (Å²) in [7, 11) is 0. The topological polar surface area (TPSA) is 49.4 Å². The van der Waals surface area contributed by atoms with Crippen LogP contribution in [0.4, 0.5) is 11.4 Å². The number of anilines is 2. The summed E-state index contributed by atoms with van der Waals surface area (Å²) in [6.45, 7) is 5.37. The molecule has 2 aromatic rings. The number of aryl methyl sites for hydroxylation is 2. The van der Waals surface area contributed by atoms with Gasteiger partial charge in [-0.05, 0) is 65.2 Å². The van der Waals surface area contributed by atoms with Crippen molar-refractivity contribution in [2.75, 3.05) is 16.8 Å². The molecule has 0 unspecified atom stereocenters. The zero-order valence-electron chi connectivity index (χ0n) is 13.4. The first-order valence-electron chi connectivity index (χ1n) is 7.27. The van der Waals surface area contributed by atoms with Crippen molar-refractivity contribution in [2.24, 2.45) is 0 Å². The number of nitrogens with one attached hydrogen (secondary N) is 1. The zero-order chi connectivity index (χ0) is 17.0. The summed E-state index contributed by atoms with van der Waals surface area (Å²) in [6.07, 6.45) is 0. The fourth-order valence-electron chi connectivity index (χ4n) is 2.43. The lowest BCUT2D eigenvalue weighted by atomic mass is 10.1. The number of hydrogen-bond donors (Lipinski definition) is 1. The van der Waals surface area contributed by atoms with Crippen molar-refractivity contribution in [1.29, 1.82) is 0 Å². The minimum absolute atomic E-state index is 0.0368. The summed E-state index contributed by atoms with van der Waals surface area (Å²) in [6, 6.07) is 13.2. The van der Waals surface area contributed by atoms with E-state index >= 15 is 0 Å². The van der Waals surface area contributed by atoms with Crippen LogP contribution in [0.3, 0.4) is 0 Å². The summed E-state index contributed by atoms with van der Waals surface area (Å²) in [5.41, 5.74) is 3.57. The number of amides is 2. The maximum absolute atomic E-state index is 12.3. The maximum atomic E-state index is 12.3. The second-order valence-electron chi connectivity index (χ2n) is 5.48. The molecule has 0 aliphatic heterocycles. The summed E-state index contributed by atoms with van der Waals surface area (Å²) in [4.78, 5) is 25.7. The molecule has 4 nitrogen and oxygen atoms in total. The van der Waals surface area contributed by atoms with Gasteiger partial charge in [0.05, 0.1) is 5.69 Å². The molecule has 0 saturated heterocycles. The van der Waals surface area contributed by atoms with Crippen LogP contribution in [0.1, 0.15) is 18.1 Å². The average molecular weight is 375 g/mol. The van der Waals surface area contributed by atoms with E-state index in [0.29, 0.717) is 5.69 Å². The molecular weight excluding hydrogens is 356 g/mol. The van der Waals surface area contributed by atoms with Crippen LogP contribution in [0.2, 0.25) is 0 Å². The highest BCUT2D eigenvalue weighted by atomic mass is 79.9. The molecule has 0 bridgehead atoms. The Morgan fingerprint density at radius 3 is 2.26 bits per heavy atom. The minimum Gasteiger partial charge on any atom is -0.325 e. The first kappa shape index (κ1) is 17.2. The lowest BCUT2D eigenvalue weighted by Gasteiger charge is -2.22. The Balaban J connectivity index is 2.16. The minimum atomic E-state index is -0.235. The van der Waals surface area contributed by atoms with Gasteiger partial charge in [-0.15, -0.1) is 0 Å². The number of carbonyl (C=O) groups excluding carboxylic acids is 2. The molecule has 1 N–H and O–H groups in total. The monoisotopic (exact) mass is 374 g/mol. The van der Waals surface area contributed by atoms with E-state index in [9.17, 15) is 9.59 Å². The third-order valence-electron chi connectivity index (χ3n) is 3.33. The van der Waals surface area contributed by atoms with Crippen molar-refractivity contribution < 1.29 is 9.59 Å². The number of hydrogen-bond acceptors (Lipinski definition) is 2. The Bertz CT molecular complexity index is 723. The van der Waals surface area contributed by atoms with E-state index in [1.165, 1.54) is 11.8 Å². The Labute approximate surface area is 144 Å². The molecular formula is C18H19BrN2O2. The van der Waals surface area contributed by atoms with Crippen molar-refractivity contribution in [2.45, 2.75) is 20.8 Å². The van der Waals surface area contributed by atoms with Crippen LogP contribution in [-0.2, 0) is 9.59 Å². The Morgan fingerprint density at radius 2 is 1.70 bits per heavy atom. The largest absolute Gasteiger partial charge is 0.325 e. The third-order valence-corrected chi connectivity index (χ3v) is 4.00. The predicted octanol–water partition coefficient (Wildman–Crippen LogP) is 4.06. The van der Waals surface area contributed by atoms with Crippen LogP contribution < -0.4 is 10.2 Å². The van der Waals surface area contributed by atoms with Crippen LogP contribution in [-0.4, -0.2) is 18.4 Å². The van der Waals surface area contributed by atoms with Crippen molar-refractivity contribution in [3.63, 3.8) is 0 Å². The molecule has 0 saturated carbocycles. The van der Waals surface area contributed by atoms with E-state index in [1.54, 1.807) is 6.07 Å². The molecule has 0 radical (unpaired) electrons. The summed E-state index contributed by atoms with van der Waals surface area (Å²) in [5.74, 6) is -0.423. The highest BCUT2D eigenvalue weighted by Gasteiger charge is 2.18. The number of carbonyl (C=O) groups is 2.